The summed E-state index contributed by atoms with van der Waals surface area (Å²) in [6, 6.07) is 4.05. The van der Waals surface area contributed by atoms with Crippen LogP contribution in [0.3, 0.4) is 0 Å². The fourth-order valence-electron chi connectivity index (χ4n) is 2.74. The van der Waals surface area contributed by atoms with Gasteiger partial charge >= 0.3 is 0 Å². The lowest BCUT2D eigenvalue weighted by molar-refractivity contribution is 0.268. The van der Waals surface area contributed by atoms with Crippen molar-refractivity contribution < 1.29 is 0 Å². The van der Waals surface area contributed by atoms with Gasteiger partial charge in [0.1, 0.15) is 5.01 Å². The molecule has 1 aliphatic carbocycles. The molecule has 0 radical (unpaired) electrons. The number of hydrogen-bond donors (Lipinski definition) is 1. The fourth-order valence-corrected chi connectivity index (χ4v) is 3.31. The maximum Gasteiger partial charge on any atom is 0.266 e. The van der Waals surface area contributed by atoms with Crippen molar-refractivity contribution in [2.45, 2.75) is 44.3 Å². The van der Waals surface area contributed by atoms with Gasteiger partial charge in [-0.05, 0) is 31.7 Å². The molecule has 0 aliphatic heterocycles. The van der Waals surface area contributed by atoms with E-state index >= 15 is 0 Å². The molecule has 0 atom stereocenters. The Hall–Kier alpha value is -1.53. The highest BCUT2D eigenvalue weighted by Crippen LogP contribution is 2.26. The zero-order valence-electron chi connectivity index (χ0n) is 11.2. The molecule has 3 rings (SSSR count). The minimum Gasteiger partial charge on any atom is -0.308 e. The second kappa shape index (κ2) is 6.28. The first-order valence-corrected chi connectivity index (χ1v) is 7.86. The zero-order chi connectivity index (χ0) is 13.8. The summed E-state index contributed by atoms with van der Waals surface area (Å²) in [5, 5.41) is 10.9. The average molecular weight is 290 g/mol. The van der Waals surface area contributed by atoms with Gasteiger partial charge in [-0.1, -0.05) is 0 Å². The lowest BCUT2D eigenvalue weighted by Crippen LogP contribution is -2.36. The number of aromatic nitrogens is 3. The Bertz CT molecular complexity index is 587. The number of rotatable bonds is 4. The summed E-state index contributed by atoms with van der Waals surface area (Å²) in [5.41, 5.74) is 0.00620. The number of hydrogen-bond acceptors (Lipinski definition) is 5. The summed E-state index contributed by atoms with van der Waals surface area (Å²) in [7, 11) is 0. The van der Waals surface area contributed by atoms with Gasteiger partial charge < -0.3 is 5.32 Å². The van der Waals surface area contributed by atoms with Crippen LogP contribution in [0, 0.1) is 0 Å². The summed E-state index contributed by atoms with van der Waals surface area (Å²) in [6.07, 6.45) is 7.71. The molecule has 20 heavy (non-hydrogen) atoms. The molecule has 2 aromatic heterocycles. The van der Waals surface area contributed by atoms with E-state index < -0.39 is 0 Å². The standard InChI is InChI=1S/C14H18N4OS/c19-14-2-1-7-17-18(14)12-5-3-11(4-6-12)16-10-13-15-8-9-20-13/h1-2,7-9,11-12,16H,3-6,10H2. The van der Waals surface area contributed by atoms with Crippen LogP contribution >= 0.6 is 11.3 Å². The highest BCUT2D eigenvalue weighted by Gasteiger charge is 2.23. The Labute approximate surface area is 121 Å². The Kier molecular flexibility index (Phi) is 4.22. The molecule has 2 aromatic rings. The first-order chi connectivity index (χ1) is 9.83. The molecule has 1 fully saturated rings. The van der Waals surface area contributed by atoms with Gasteiger partial charge in [-0.15, -0.1) is 11.3 Å². The molecule has 5 nitrogen and oxygen atoms in total. The minimum atomic E-state index is 0.00620. The van der Waals surface area contributed by atoms with Gasteiger partial charge in [0.2, 0.25) is 0 Å². The van der Waals surface area contributed by atoms with Crippen LogP contribution < -0.4 is 10.9 Å². The van der Waals surface area contributed by atoms with E-state index in [0.29, 0.717) is 6.04 Å². The van der Waals surface area contributed by atoms with Gasteiger partial charge in [0.15, 0.2) is 0 Å². The van der Waals surface area contributed by atoms with E-state index in [-0.39, 0.29) is 11.6 Å². The topological polar surface area (TPSA) is 59.8 Å². The molecule has 1 N–H and O–H groups in total. The molecule has 0 saturated heterocycles. The molecule has 6 heteroatoms. The minimum absolute atomic E-state index is 0.00620. The largest absolute Gasteiger partial charge is 0.308 e. The molecule has 0 bridgehead atoms. The lowest BCUT2D eigenvalue weighted by atomic mass is 9.91. The first-order valence-electron chi connectivity index (χ1n) is 6.98. The number of nitrogens with zero attached hydrogens (tertiary/aromatic N) is 3. The van der Waals surface area contributed by atoms with Crippen LogP contribution in [0.15, 0.2) is 34.7 Å². The highest BCUT2D eigenvalue weighted by molar-refractivity contribution is 7.09. The van der Waals surface area contributed by atoms with Crippen LogP contribution in [0.25, 0.3) is 0 Å². The van der Waals surface area contributed by atoms with Gasteiger partial charge in [-0.25, -0.2) is 9.67 Å². The van der Waals surface area contributed by atoms with Crippen molar-refractivity contribution >= 4 is 11.3 Å². The first kappa shape index (κ1) is 13.5. The van der Waals surface area contributed by atoms with E-state index in [9.17, 15) is 4.79 Å². The Morgan fingerprint density at radius 3 is 2.85 bits per heavy atom. The molecular formula is C14H18N4OS. The molecule has 2 heterocycles. The van der Waals surface area contributed by atoms with Crippen molar-refractivity contribution in [2.24, 2.45) is 0 Å². The van der Waals surface area contributed by atoms with E-state index in [4.69, 9.17) is 0 Å². The van der Waals surface area contributed by atoms with Gasteiger partial charge in [0.05, 0.1) is 6.04 Å². The SMILES string of the molecule is O=c1cccnn1C1CCC(NCc2nccs2)CC1. The molecule has 0 amide bonds. The van der Waals surface area contributed by atoms with Crippen molar-refractivity contribution in [2.75, 3.05) is 0 Å². The molecule has 1 aliphatic rings. The number of nitrogens with one attached hydrogen (secondary N) is 1. The van der Waals surface area contributed by atoms with Crippen LogP contribution in [0.1, 0.15) is 36.7 Å². The van der Waals surface area contributed by atoms with Gasteiger partial charge in [-0.2, -0.15) is 5.10 Å². The third kappa shape index (κ3) is 3.13. The second-order valence-electron chi connectivity index (χ2n) is 5.12. The normalized spacial score (nSPS) is 22.8. The Balaban J connectivity index is 1.52. The number of thiazole rings is 1. The summed E-state index contributed by atoms with van der Waals surface area (Å²) < 4.78 is 1.64. The Morgan fingerprint density at radius 1 is 1.30 bits per heavy atom. The van der Waals surface area contributed by atoms with Crippen molar-refractivity contribution in [1.29, 1.82) is 0 Å². The van der Waals surface area contributed by atoms with Crippen LogP contribution in [0.4, 0.5) is 0 Å². The zero-order valence-corrected chi connectivity index (χ0v) is 12.1. The summed E-state index contributed by atoms with van der Waals surface area (Å²) in [6.45, 7) is 0.844. The molecular weight excluding hydrogens is 272 g/mol. The van der Waals surface area contributed by atoms with E-state index in [2.05, 4.69) is 15.4 Å². The van der Waals surface area contributed by atoms with Crippen LogP contribution in [-0.2, 0) is 6.54 Å². The van der Waals surface area contributed by atoms with E-state index in [1.54, 1.807) is 34.3 Å². The van der Waals surface area contributed by atoms with Crippen molar-refractivity contribution in [3.63, 3.8) is 0 Å². The fraction of sp³-hybridized carbons (Fsp3) is 0.500. The average Bonchev–Trinajstić information content (AvgIpc) is 3.00. The molecule has 0 spiro atoms. The predicted molar refractivity (Wildman–Crippen MR) is 78.7 cm³/mol. The monoisotopic (exact) mass is 290 g/mol. The highest BCUT2D eigenvalue weighted by atomic mass is 32.1. The summed E-state index contributed by atoms with van der Waals surface area (Å²) in [5.74, 6) is 0. The van der Waals surface area contributed by atoms with Crippen molar-refractivity contribution in [3.05, 3.63) is 45.3 Å². The van der Waals surface area contributed by atoms with Crippen LogP contribution in [-0.4, -0.2) is 20.8 Å². The summed E-state index contributed by atoms with van der Waals surface area (Å²) in [4.78, 5) is 16.0. The van der Waals surface area contributed by atoms with Gasteiger partial charge in [-0.3, -0.25) is 4.79 Å². The van der Waals surface area contributed by atoms with Gasteiger partial charge in [0, 0.05) is 36.4 Å². The third-order valence-corrected chi connectivity index (χ3v) is 4.59. The van der Waals surface area contributed by atoms with Crippen molar-refractivity contribution in [3.8, 4) is 0 Å². The van der Waals surface area contributed by atoms with E-state index in [0.717, 1.165) is 37.2 Å². The quantitative estimate of drug-likeness (QED) is 0.935. The summed E-state index contributed by atoms with van der Waals surface area (Å²) >= 11 is 1.68. The van der Waals surface area contributed by atoms with E-state index in [1.807, 2.05) is 11.6 Å². The molecule has 0 aromatic carbocycles. The lowest BCUT2D eigenvalue weighted by Gasteiger charge is -2.29. The molecule has 106 valence electrons. The maximum atomic E-state index is 11.8. The van der Waals surface area contributed by atoms with Crippen LogP contribution in [0.5, 0.6) is 0 Å². The maximum absolute atomic E-state index is 11.8. The van der Waals surface area contributed by atoms with E-state index in [1.165, 1.54) is 0 Å². The Morgan fingerprint density at radius 2 is 2.15 bits per heavy atom. The molecule has 0 unspecified atom stereocenters. The van der Waals surface area contributed by atoms with Gasteiger partial charge in [0.25, 0.3) is 5.56 Å². The third-order valence-electron chi connectivity index (χ3n) is 3.81. The molecule has 1 saturated carbocycles. The second-order valence-corrected chi connectivity index (χ2v) is 6.10. The smallest absolute Gasteiger partial charge is 0.266 e. The van der Waals surface area contributed by atoms with Crippen molar-refractivity contribution in [1.82, 2.24) is 20.1 Å². The predicted octanol–water partition coefficient (Wildman–Crippen LogP) is 1.97. The van der Waals surface area contributed by atoms with Crippen LogP contribution in [0.2, 0.25) is 0 Å².